The van der Waals surface area contributed by atoms with Crippen LogP contribution in [-0.2, 0) is 4.79 Å². The minimum atomic E-state index is -0.875. The van der Waals surface area contributed by atoms with Crippen molar-refractivity contribution in [1.82, 2.24) is 9.80 Å². The van der Waals surface area contributed by atoms with Crippen LogP contribution in [0.1, 0.15) is 10.4 Å². The number of aliphatic carboxylic acids is 1. The van der Waals surface area contributed by atoms with E-state index in [4.69, 9.17) is 9.84 Å². The Morgan fingerprint density at radius 2 is 1.90 bits per heavy atom. The number of hydrogen-bond acceptors (Lipinski definition) is 5. The Balaban J connectivity index is 2.04. The molecule has 1 amide bonds. The summed E-state index contributed by atoms with van der Waals surface area (Å²) in [5, 5.41) is 18.7. The Morgan fingerprint density at radius 3 is 2.48 bits per heavy atom. The maximum Gasteiger partial charge on any atom is 0.317 e. The molecule has 0 radical (unpaired) electrons. The van der Waals surface area contributed by atoms with Gasteiger partial charge in [-0.3, -0.25) is 14.5 Å². The maximum atomic E-state index is 12.4. The van der Waals surface area contributed by atoms with E-state index in [1.165, 1.54) is 7.11 Å². The fourth-order valence-electron chi connectivity index (χ4n) is 2.33. The quantitative estimate of drug-likeness (QED) is 0.827. The van der Waals surface area contributed by atoms with Crippen molar-refractivity contribution in [2.75, 3.05) is 39.8 Å². The Bertz CT molecular complexity index is 538. The van der Waals surface area contributed by atoms with Crippen molar-refractivity contribution >= 4 is 11.9 Å². The van der Waals surface area contributed by atoms with Crippen molar-refractivity contribution in [3.63, 3.8) is 0 Å². The summed E-state index contributed by atoms with van der Waals surface area (Å²) in [7, 11) is 1.42. The molecule has 7 nitrogen and oxygen atoms in total. The fraction of sp³-hybridized carbons (Fsp3) is 0.429. The number of para-hydroxylation sites is 1. The van der Waals surface area contributed by atoms with Gasteiger partial charge in [0, 0.05) is 26.2 Å². The number of piperazine rings is 1. The number of carbonyl (C=O) groups excluding carboxylic acids is 1. The molecule has 1 aliphatic rings. The minimum absolute atomic E-state index is 0.0214. The molecule has 1 aliphatic heterocycles. The summed E-state index contributed by atoms with van der Waals surface area (Å²) in [6, 6.07) is 4.77. The number of carboxylic acids is 1. The van der Waals surface area contributed by atoms with Crippen molar-refractivity contribution in [1.29, 1.82) is 0 Å². The topological polar surface area (TPSA) is 90.3 Å². The standard InChI is InChI=1S/C14H18N2O5/c1-21-11-4-2-3-10(13(11)19)14(20)16-7-5-15(6-8-16)9-12(17)18/h2-4,19H,5-9H2,1H3,(H,17,18). The normalized spacial score (nSPS) is 15.8. The van der Waals surface area contributed by atoms with Crippen LogP contribution in [0.2, 0.25) is 0 Å². The van der Waals surface area contributed by atoms with Crippen molar-refractivity contribution in [2.45, 2.75) is 0 Å². The summed E-state index contributed by atoms with van der Waals surface area (Å²) in [4.78, 5) is 26.4. The molecule has 0 atom stereocenters. The van der Waals surface area contributed by atoms with Crippen LogP contribution in [-0.4, -0.2) is 71.7 Å². The summed E-state index contributed by atoms with van der Waals surface area (Å²) in [6.07, 6.45) is 0. The SMILES string of the molecule is COc1cccc(C(=O)N2CCN(CC(=O)O)CC2)c1O. The summed E-state index contributed by atoms with van der Waals surface area (Å²) >= 11 is 0. The zero-order valence-electron chi connectivity index (χ0n) is 11.8. The second kappa shape index (κ2) is 6.45. The van der Waals surface area contributed by atoms with Crippen molar-refractivity contribution in [2.24, 2.45) is 0 Å². The number of carbonyl (C=O) groups is 2. The van der Waals surface area contributed by atoms with Crippen LogP contribution in [0.25, 0.3) is 0 Å². The van der Waals surface area contributed by atoms with Crippen LogP contribution >= 0.6 is 0 Å². The number of methoxy groups -OCH3 is 1. The van der Waals surface area contributed by atoms with Crippen LogP contribution in [0.15, 0.2) is 18.2 Å². The average molecular weight is 294 g/mol. The molecule has 114 valence electrons. The molecule has 0 aromatic heterocycles. The van der Waals surface area contributed by atoms with E-state index in [-0.39, 0.29) is 29.5 Å². The molecule has 7 heteroatoms. The Hall–Kier alpha value is -2.28. The van der Waals surface area contributed by atoms with E-state index in [0.29, 0.717) is 26.2 Å². The number of nitrogens with zero attached hydrogens (tertiary/aromatic N) is 2. The van der Waals surface area contributed by atoms with Crippen LogP contribution in [0.5, 0.6) is 11.5 Å². The lowest BCUT2D eigenvalue weighted by Gasteiger charge is -2.34. The van der Waals surface area contributed by atoms with Crippen molar-refractivity contribution < 1.29 is 24.5 Å². The smallest absolute Gasteiger partial charge is 0.317 e. The lowest BCUT2D eigenvalue weighted by Crippen LogP contribution is -2.49. The summed E-state index contributed by atoms with van der Waals surface area (Å²) < 4.78 is 4.99. The molecule has 1 fully saturated rings. The van der Waals surface area contributed by atoms with Gasteiger partial charge < -0.3 is 19.8 Å². The third-order valence-electron chi connectivity index (χ3n) is 3.47. The van der Waals surface area contributed by atoms with Gasteiger partial charge in [0.25, 0.3) is 5.91 Å². The average Bonchev–Trinajstić information content (AvgIpc) is 2.47. The van der Waals surface area contributed by atoms with Gasteiger partial charge >= 0.3 is 5.97 Å². The monoisotopic (exact) mass is 294 g/mol. The van der Waals surface area contributed by atoms with Crippen LogP contribution < -0.4 is 4.74 Å². The lowest BCUT2D eigenvalue weighted by molar-refractivity contribution is -0.138. The number of rotatable bonds is 4. The highest BCUT2D eigenvalue weighted by atomic mass is 16.5. The van der Waals surface area contributed by atoms with Crippen LogP contribution in [0.4, 0.5) is 0 Å². The highest BCUT2D eigenvalue weighted by Gasteiger charge is 2.25. The molecule has 1 saturated heterocycles. The highest BCUT2D eigenvalue weighted by Crippen LogP contribution is 2.30. The van der Waals surface area contributed by atoms with Gasteiger partial charge in [-0.2, -0.15) is 0 Å². The zero-order chi connectivity index (χ0) is 15.4. The van der Waals surface area contributed by atoms with Crippen molar-refractivity contribution in [3.05, 3.63) is 23.8 Å². The number of hydrogen-bond donors (Lipinski definition) is 2. The number of amides is 1. The first-order chi connectivity index (χ1) is 10.0. The first-order valence-corrected chi connectivity index (χ1v) is 6.62. The number of aromatic hydroxyl groups is 1. The predicted octanol–water partition coefficient (Wildman–Crippen LogP) is 0.243. The molecular weight excluding hydrogens is 276 g/mol. The number of phenolic OH excluding ortho intramolecular Hbond substituents is 1. The summed E-state index contributed by atoms with van der Waals surface area (Å²) in [5.74, 6) is -1.06. The molecule has 21 heavy (non-hydrogen) atoms. The molecule has 0 saturated carbocycles. The van der Waals surface area contributed by atoms with Gasteiger partial charge in [-0.25, -0.2) is 0 Å². The predicted molar refractivity (Wildman–Crippen MR) is 74.6 cm³/mol. The second-order valence-electron chi connectivity index (χ2n) is 4.82. The van der Waals surface area contributed by atoms with E-state index in [2.05, 4.69) is 0 Å². The number of benzene rings is 1. The fourth-order valence-corrected chi connectivity index (χ4v) is 2.33. The van der Waals surface area contributed by atoms with Crippen molar-refractivity contribution in [3.8, 4) is 11.5 Å². The Labute approximate surface area is 122 Å². The van der Waals surface area contributed by atoms with Gasteiger partial charge in [0.2, 0.25) is 0 Å². The highest BCUT2D eigenvalue weighted by molar-refractivity contribution is 5.97. The number of ether oxygens (including phenoxy) is 1. The van der Waals surface area contributed by atoms with Gasteiger partial charge in [-0.15, -0.1) is 0 Å². The van der Waals surface area contributed by atoms with Crippen LogP contribution in [0, 0.1) is 0 Å². The van der Waals surface area contributed by atoms with E-state index in [9.17, 15) is 14.7 Å². The molecule has 1 heterocycles. The van der Waals surface area contributed by atoms with E-state index < -0.39 is 5.97 Å². The Kier molecular flexibility index (Phi) is 4.64. The largest absolute Gasteiger partial charge is 0.504 e. The molecule has 0 aliphatic carbocycles. The van der Waals surface area contributed by atoms with E-state index >= 15 is 0 Å². The summed E-state index contributed by atoms with van der Waals surface area (Å²) in [5.41, 5.74) is 0.195. The van der Waals surface area contributed by atoms with Gasteiger partial charge in [-0.1, -0.05) is 6.07 Å². The first kappa shape index (κ1) is 15.1. The summed E-state index contributed by atoms with van der Waals surface area (Å²) in [6.45, 7) is 1.85. The van der Waals surface area contributed by atoms with Gasteiger partial charge in [0.05, 0.1) is 19.2 Å². The molecule has 1 aromatic carbocycles. The zero-order valence-corrected chi connectivity index (χ0v) is 11.8. The van der Waals surface area contributed by atoms with E-state index in [1.54, 1.807) is 28.0 Å². The first-order valence-electron chi connectivity index (χ1n) is 6.62. The lowest BCUT2D eigenvalue weighted by atomic mass is 10.1. The maximum absolute atomic E-state index is 12.4. The second-order valence-corrected chi connectivity index (χ2v) is 4.82. The molecule has 0 spiro atoms. The molecule has 2 N–H and O–H groups in total. The third-order valence-corrected chi connectivity index (χ3v) is 3.47. The van der Waals surface area contributed by atoms with Crippen LogP contribution in [0.3, 0.4) is 0 Å². The Morgan fingerprint density at radius 1 is 1.24 bits per heavy atom. The number of phenols is 1. The van der Waals surface area contributed by atoms with Gasteiger partial charge in [-0.05, 0) is 12.1 Å². The van der Waals surface area contributed by atoms with E-state index in [1.807, 2.05) is 0 Å². The van der Waals surface area contributed by atoms with E-state index in [0.717, 1.165) is 0 Å². The van der Waals surface area contributed by atoms with Gasteiger partial charge in [0.15, 0.2) is 11.5 Å². The third kappa shape index (κ3) is 3.43. The molecule has 0 bridgehead atoms. The number of carboxylic acid groups (broad SMARTS) is 1. The molecular formula is C14H18N2O5. The van der Waals surface area contributed by atoms with Gasteiger partial charge in [0.1, 0.15) is 0 Å². The molecule has 0 unspecified atom stereocenters. The molecule has 2 rings (SSSR count). The minimum Gasteiger partial charge on any atom is -0.504 e. The molecule has 1 aromatic rings.